The minimum absolute atomic E-state index is 0.0675. The van der Waals surface area contributed by atoms with E-state index in [1.807, 2.05) is 39.0 Å². The highest BCUT2D eigenvalue weighted by molar-refractivity contribution is 5.93. The SMILES string of the molecule is CCCOC(=O)CC1C(=O)NCCN1C(=O)CNc1cccc(C)c1C. The molecule has 1 aliphatic rings. The van der Waals surface area contributed by atoms with Gasteiger partial charge in [-0.2, -0.15) is 0 Å². The summed E-state index contributed by atoms with van der Waals surface area (Å²) in [4.78, 5) is 38.2. The minimum atomic E-state index is -0.819. The molecule has 0 spiro atoms. The summed E-state index contributed by atoms with van der Waals surface area (Å²) in [6.45, 7) is 7.04. The molecule has 2 N–H and O–H groups in total. The number of ether oxygens (including phenoxy) is 1. The van der Waals surface area contributed by atoms with E-state index in [9.17, 15) is 14.4 Å². The molecule has 1 aromatic rings. The van der Waals surface area contributed by atoms with Crippen LogP contribution in [-0.2, 0) is 19.1 Å². The lowest BCUT2D eigenvalue weighted by molar-refractivity contribution is -0.151. The summed E-state index contributed by atoms with van der Waals surface area (Å²) in [6.07, 6.45) is 0.589. The second-order valence-corrected chi connectivity index (χ2v) is 6.42. The van der Waals surface area contributed by atoms with Crippen molar-refractivity contribution in [3.05, 3.63) is 29.3 Å². The summed E-state index contributed by atoms with van der Waals surface area (Å²) in [7, 11) is 0. The first kappa shape index (κ1) is 19.8. The van der Waals surface area contributed by atoms with Gasteiger partial charge in [0.2, 0.25) is 11.8 Å². The molecular formula is C19H27N3O4. The topological polar surface area (TPSA) is 87.7 Å². The maximum absolute atomic E-state index is 12.7. The number of carbonyl (C=O) groups excluding carboxylic acids is 3. The van der Waals surface area contributed by atoms with Crippen molar-refractivity contribution in [3.8, 4) is 0 Å². The predicted molar refractivity (Wildman–Crippen MR) is 98.8 cm³/mol. The Morgan fingerprint density at radius 2 is 2.12 bits per heavy atom. The molecule has 0 radical (unpaired) electrons. The largest absolute Gasteiger partial charge is 0.466 e. The molecular weight excluding hydrogens is 334 g/mol. The molecule has 7 heteroatoms. The highest BCUT2D eigenvalue weighted by atomic mass is 16.5. The minimum Gasteiger partial charge on any atom is -0.466 e. The van der Waals surface area contributed by atoms with Crippen molar-refractivity contribution in [3.63, 3.8) is 0 Å². The van der Waals surface area contributed by atoms with E-state index in [0.717, 1.165) is 16.8 Å². The van der Waals surface area contributed by atoms with Crippen LogP contribution in [-0.4, -0.2) is 55.0 Å². The van der Waals surface area contributed by atoms with Crippen LogP contribution in [0.4, 0.5) is 5.69 Å². The molecule has 142 valence electrons. The van der Waals surface area contributed by atoms with E-state index in [1.165, 1.54) is 4.90 Å². The van der Waals surface area contributed by atoms with Crippen molar-refractivity contribution in [2.75, 3.05) is 31.6 Å². The van der Waals surface area contributed by atoms with E-state index < -0.39 is 12.0 Å². The molecule has 0 saturated carbocycles. The van der Waals surface area contributed by atoms with Crippen LogP contribution >= 0.6 is 0 Å². The standard InChI is InChI=1S/C19H27N3O4/c1-4-10-26-18(24)11-16-19(25)20-8-9-22(16)17(23)12-21-15-7-5-6-13(2)14(15)3/h5-7,16,21H,4,8-12H2,1-3H3,(H,20,25). The number of hydrogen-bond donors (Lipinski definition) is 2. The smallest absolute Gasteiger partial charge is 0.308 e. The van der Waals surface area contributed by atoms with Crippen LogP contribution in [0.25, 0.3) is 0 Å². The van der Waals surface area contributed by atoms with E-state index in [-0.39, 0.29) is 24.8 Å². The molecule has 1 aromatic carbocycles. The summed E-state index contributed by atoms with van der Waals surface area (Å²) in [6, 6.07) is 5.03. The normalized spacial score (nSPS) is 16.8. The van der Waals surface area contributed by atoms with Crippen molar-refractivity contribution in [2.45, 2.75) is 39.7 Å². The van der Waals surface area contributed by atoms with Crippen molar-refractivity contribution in [2.24, 2.45) is 0 Å². The Balaban J connectivity index is 2.00. The number of aryl methyl sites for hydroxylation is 1. The summed E-state index contributed by atoms with van der Waals surface area (Å²) in [5.74, 6) is -0.993. The van der Waals surface area contributed by atoms with E-state index in [0.29, 0.717) is 26.1 Å². The molecule has 0 aromatic heterocycles. The fourth-order valence-electron chi connectivity index (χ4n) is 2.86. The number of amides is 2. The molecule has 2 rings (SSSR count). The number of benzene rings is 1. The third-order valence-electron chi connectivity index (χ3n) is 4.51. The van der Waals surface area contributed by atoms with Crippen LogP contribution in [0, 0.1) is 13.8 Å². The van der Waals surface area contributed by atoms with Crippen LogP contribution in [0.1, 0.15) is 30.9 Å². The van der Waals surface area contributed by atoms with Gasteiger partial charge in [-0.25, -0.2) is 0 Å². The van der Waals surface area contributed by atoms with Crippen molar-refractivity contribution in [1.29, 1.82) is 0 Å². The second kappa shape index (κ2) is 9.22. The summed E-state index contributed by atoms with van der Waals surface area (Å²) in [5.41, 5.74) is 3.10. The first-order chi connectivity index (χ1) is 12.4. The Morgan fingerprint density at radius 3 is 2.85 bits per heavy atom. The van der Waals surface area contributed by atoms with Crippen LogP contribution < -0.4 is 10.6 Å². The maximum Gasteiger partial charge on any atom is 0.308 e. The molecule has 26 heavy (non-hydrogen) atoms. The van der Waals surface area contributed by atoms with Crippen molar-refractivity contribution in [1.82, 2.24) is 10.2 Å². The Labute approximate surface area is 154 Å². The lowest BCUT2D eigenvalue weighted by Gasteiger charge is -2.34. The zero-order valence-corrected chi connectivity index (χ0v) is 15.6. The quantitative estimate of drug-likeness (QED) is 0.717. The van der Waals surface area contributed by atoms with E-state index in [4.69, 9.17) is 4.74 Å². The van der Waals surface area contributed by atoms with Gasteiger partial charge in [0, 0.05) is 18.8 Å². The van der Waals surface area contributed by atoms with Crippen LogP contribution in [0.5, 0.6) is 0 Å². The number of hydrogen-bond acceptors (Lipinski definition) is 5. The average Bonchev–Trinajstić information content (AvgIpc) is 2.62. The monoisotopic (exact) mass is 361 g/mol. The number of anilines is 1. The van der Waals surface area contributed by atoms with E-state index in [1.54, 1.807) is 0 Å². The lowest BCUT2D eigenvalue weighted by Crippen LogP contribution is -2.58. The van der Waals surface area contributed by atoms with Gasteiger partial charge in [-0.05, 0) is 37.5 Å². The Hall–Kier alpha value is -2.57. The second-order valence-electron chi connectivity index (χ2n) is 6.42. The molecule has 7 nitrogen and oxygen atoms in total. The summed E-state index contributed by atoms with van der Waals surface area (Å²) >= 11 is 0. The molecule has 0 bridgehead atoms. The van der Waals surface area contributed by atoms with E-state index >= 15 is 0 Å². The summed E-state index contributed by atoms with van der Waals surface area (Å²) in [5, 5.41) is 5.84. The molecule has 1 aliphatic heterocycles. The number of nitrogens with one attached hydrogen (secondary N) is 2. The molecule has 2 amide bonds. The first-order valence-corrected chi connectivity index (χ1v) is 8.97. The van der Waals surface area contributed by atoms with Gasteiger partial charge in [-0.3, -0.25) is 14.4 Å². The molecule has 0 aliphatic carbocycles. The molecule has 1 unspecified atom stereocenters. The number of piperazine rings is 1. The van der Waals surface area contributed by atoms with Crippen molar-refractivity contribution < 1.29 is 19.1 Å². The fraction of sp³-hybridized carbons (Fsp3) is 0.526. The Bertz CT molecular complexity index is 675. The van der Waals surface area contributed by atoms with Crippen molar-refractivity contribution >= 4 is 23.5 Å². The number of esters is 1. The van der Waals surface area contributed by atoms with Crippen LogP contribution in [0.2, 0.25) is 0 Å². The number of rotatable bonds is 7. The van der Waals surface area contributed by atoms with Gasteiger partial charge >= 0.3 is 5.97 Å². The average molecular weight is 361 g/mol. The maximum atomic E-state index is 12.7. The van der Waals surface area contributed by atoms with Gasteiger partial charge in [0.15, 0.2) is 0 Å². The third-order valence-corrected chi connectivity index (χ3v) is 4.51. The highest BCUT2D eigenvalue weighted by Crippen LogP contribution is 2.18. The fourth-order valence-corrected chi connectivity index (χ4v) is 2.86. The predicted octanol–water partition coefficient (Wildman–Crippen LogP) is 1.39. The van der Waals surface area contributed by atoms with Gasteiger partial charge in [-0.1, -0.05) is 19.1 Å². The summed E-state index contributed by atoms with van der Waals surface area (Å²) < 4.78 is 5.06. The Morgan fingerprint density at radius 1 is 1.35 bits per heavy atom. The van der Waals surface area contributed by atoms with Gasteiger partial charge in [0.25, 0.3) is 0 Å². The molecule has 1 heterocycles. The number of nitrogens with zero attached hydrogens (tertiary/aromatic N) is 1. The first-order valence-electron chi connectivity index (χ1n) is 8.97. The molecule has 1 atom stereocenters. The van der Waals surface area contributed by atoms with Gasteiger partial charge in [0.1, 0.15) is 6.04 Å². The number of carbonyl (C=O) groups is 3. The zero-order chi connectivity index (χ0) is 19.1. The van der Waals surface area contributed by atoms with Gasteiger partial charge in [0.05, 0.1) is 19.6 Å². The third kappa shape index (κ3) is 4.97. The van der Waals surface area contributed by atoms with E-state index in [2.05, 4.69) is 10.6 Å². The lowest BCUT2D eigenvalue weighted by atomic mass is 10.1. The Kier molecular flexibility index (Phi) is 7.00. The molecule has 1 saturated heterocycles. The highest BCUT2D eigenvalue weighted by Gasteiger charge is 2.34. The molecule has 1 fully saturated rings. The van der Waals surface area contributed by atoms with Gasteiger partial charge in [-0.15, -0.1) is 0 Å². The zero-order valence-electron chi connectivity index (χ0n) is 15.6. The van der Waals surface area contributed by atoms with Crippen LogP contribution in [0.3, 0.4) is 0 Å². The van der Waals surface area contributed by atoms with Gasteiger partial charge < -0.3 is 20.3 Å². The van der Waals surface area contributed by atoms with Crippen LogP contribution in [0.15, 0.2) is 18.2 Å².